The van der Waals surface area contributed by atoms with Gasteiger partial charge in [-0.2, -0.15) is 0 Å². The van der Waals surface area contributed by atoms with Crippen molar-refractivity contribution in [3.8, 4) is 10.4 Å². The SMILES string of the molecule is Cc1nc(NC(=O)C2CNC(=O)N2)sc1-c1ccccc1. The van der Waals surface area contributed by atoms with Crippen LogP contribution in [0.3, 0.4) is 0 Å². The number of carbonyl (C=O) groups excluding carboxylic acids is 2. The lowest BCUT2D eigenvalue weighted by Gasteiger charge is -2.06. The Labute approximate surface area is 125 Å². The highest BCUT2D eigenvalue weighted by atomic mass is 32.1. The van der Waals surface area contributed by atoms with E-state index >= 15 is 0 Å². The van der Waals surface area contributed by atoms with Gasteiger partial charge >= 0.3 is 6.03 Å². The van der Waals surface area contributed by atoms with Gasteiger partial charge in [0.05, 0.1) is 10.6 Å². The Morgan fingerprint density at radius 1 is 1.38 bits per heavy atom. The van der Waals surface area contributed by atoms with Crippen molar-refractivity contribution >= 4 is 28.4 Å². The van der Waals surface area contributed by atoms with Gasteiger partial charge in [-0.1, -0.05) is 41.7 Å². The molecule has 1 fully saturated rings. The first-order valence-electron chi connectivity index (χ1n) is 6.51. The number of benzene rings is 1. The number of rotatable bonds is 3. The third-order valence-electron chi connectivity index (χ3n) is 3.15. The lowest BCUT2D eigenvalue weighted by molar-refractivity contribution is -0.117. The van der Waals surface area contributed by atoms with Crippen LogP contribution in [0.2, 0.25) is 0 Å². The third kappa shape index (κ3) is 2.87. The third-order valence-corrected chi connectivity index (χ3v) is 4.27. The summed E-state index contributed by atoms with van der Waals surface area (Å²) in [5.74, 6) is -0.262. The molecule has 7 heteroatoms. The van der Waals surface area contributed by atoms with Crippen LogP contribution in [-0.2, 0) is 4.79 Å². The highest BCUT2D eigenvalue weighted by Crippen LogP contribution is 2.32. The second-order valence-corrected chi connectivity index (χ2v) is 5.69. The zero-order chi connectivity index (χ0) is 14.8. The summed E-state index contributed by atoms with van der Waals surface area (Å²) in [6.07, 6.45) is 0. The number of urea groups is 1. The van der Waals surface area contributed by atoms with Gasteiger partial charge in [0.25, 0.3) is 5.91 Å². The number of aromatic nitrogens is 1. The molecule has 1 atom stereocenters. The van der Waals surface area contributed by atoms with E-state index < -0.39 is 6.04 Å². The summed E-state index contributed by atoms with van der Waals surface area (Å²) in [6.45, 7) is 2.20. The normalized spacial score (nSPS) is 17.2. The van der Waals surface area contributed by atoms with Crippen molar-refractivity contribution in [1.82, 2.24) is 15.6 Å². The van der Waals surface area contributed by atoms with E-state index in [0.29, 0.717) is 11.7 Å². The van der Waals surface area contributed by atoms with E-state index in [1.807, 2.05) is 37.3 Å². The van der Waals surface area contributed by atoms with Gasteiger partial charge in [0.2, 0.25) is 0 Å². The van der Waals surface area contributed by atoms with Gasteiger partial charge in [0.1, 0.15) is 6.04 Å². The monoisotopic (exact) mass is 302 g/mol. The maximum Gasteiger partial charge on any atom is 0.315 e. The minimum absolute atomic E-state index is 0.262. The first-order valence-corrected chi connectivity index (χ1v) is 7.33. The van der Waals surface area contributed by atoms with Gasteiger partial charge in [-0.25, -0.2) is 9.78 Å². The van der Waals surface area contributed by atoms with Gasteiger partial charge in [0.15, 0.2) is 5.13 Å². The van der Waals surface area contributed by atoms with Crippen LogP contribution >= 0.6 is 11.3 Å². The van der Waals surface area contributed by atoms with E-state index in [4.69, 9.17) is 0 Å². The number of carbonyl (C=O) groups is 2. The smallest absolute Gasteiger partial charge is 0.315 e. The fraction of sp³-hybridized carbons (Fsp3) is 0.214. The molecule has 2 aromatic rings. The molecular weight excluding hydrogens is 288 g/mol. The van der Waals surface area contributed by atoms with Crippen LogP contribution in [0.1, 0.15) is 5.69 Å². The molecule has 2 heterocycles. The molecular formula is C14H14N4O2S. The second kappa shape index (κ2) is 5.53. The number of anilines is 1. The topological polar surface area (TPSA) is 83.1 Å². The van der Waals surface area contributed by atoms with Crippen LogP contribution < -0.4 is 16.0 Å². The lowest BCUT2D eigenvalue weighted by atomic mass is 10.2. The van der Waals surface area contributed by atoms with Crippen LogP contribution in [0.15, 0.2) is 30.3 Å². The molecule has 1 aromatic heterocycles. The summed E-state index contributed by atoms with van der Waals surface area (Å²) >= 11 is 1.42. The molecule has 0 bridgehead atoms. The van der Waals surface area contributed by atoms with Crippen molar-refractivity contribution in [3.63, 3.8) is 0 Å². The summed E-state index contributed by atoms with van der Waals surface area (Å²) in [7, 11) is 0. The fourth-order valence-corrected chi connectivity index (χ4v) is 3.09. The zero-order valence-corrected chi connectivity index (χ0v) is 12.2. The van der Waals surface area contributed by atoms with Crippen LogP contribution in [0.25, 0.3) is 10.4 Å². The molecule has 3 rings (SSSR count). The zero-order valence-electron chi connectivity index (χ0n) is 11.3. The highest BCUT2D eigenvalue weighted by molar-refractivity contribution is 7.19. The first-order chi connectivity index (χ1) is 10.1. The molecule has 0 aliphatic carbocycles. The quantitative estimate of drug-likeness (QED) is 0.807. The molecule has 0 saturated carbocycles. The summed E-state index contributed by atoms with van der Waals surface area (Å²) in [6, 6.07) is 9.02. The van der Waals surface area contributed by atoms with E-state index in [0.717, 1.165) is 16.1 Å². The van der Waals surface area contributed by atoms with E-state index in [9.17, 15) is 9.59 Å². The molecule has 1 saturated heterocycles. The predicted molar refractivity (Wildman–Crippen MR) is 81.2 cm³/mol. The first kappa shape index (κ1) is 13.6. The Morgan fingerprint density at radius 3 is 2.81 bits per heavy atom. The molecule has 3 amide bonds. The number of thiazole rings is 1. The molecule has 6 nitrogen and oxygen atoms in total. The van der Waals surface area contributed by atoms with Crippen molar-refractivity contribution in [3.05, 3.63) is 36.0 Å². The Hall–Kier alpha value is -2.41. The molecule has 3 N–H and O–H groups in total. The summed E-state index contributed by atoms with van der Waals surface area (Å²) in [5, 5.41) is 8.38. The molecule has 108 valence electrons. The Kier molecular flexibility index (Phi) is 3.57. The molecule has 21 heavy (non-hydrogen) atoms. The lowest BCUT2D eigenvalue weighted by Crippen LogP contribution is -2.38. The molecule has 1 aliphatic rings. The van der Waals surface area contributed by atoms with Crippen LogP contribution in [0, 0.1) is 6.92 Å². The largest absolute Gasteiger partial charge is 0.336 e. The van der Waals surface area contributed by atoms with E-state index in [2.05, 4.69) is 20.9 Å². The Balaban J connectivity index is 1.75. The molecule has 0 spiro atoms. The number of hydrogen-bond donors (Lipinski definition) is 3. The van der Waals surface area contributed by atoms with Crippen molar-refractivity contribution in [1.29, 1.82) is 0 Å². The number of nitrogens with one attached hydrogen (secondary N) is 3. The van der Waals surface area contributed by atoms with Gasteiger partial charge in [0, 0.05) is 6.54 Å². The van der Waals surface area contributed by atoms with Crippen molar-refractivity contribution in [2.75, 3.05) is 11.9 Å². The molecule has 0 radical (unpaired) electrons. The number of aryl methyl sites for hydroxylation is 1. The van der Waals surface area contributed by atoms with E-state index in [1.165, 1.54) is 11.3 Å². The van der Waals surface area contributed by atoms with Crippen molar-refractivity contribution < 1.29 is 9.59 Å². The summed E-state index contributed by atoms with van der Waals surface area (Å²) in [4.78, 5) is 28.5. The van der Waals surface area contributed by atoms with Crippen molar-refractivity contribution in [2.24, 2.45) is 0 Å². The summed E-state index contributed by atoms with van der Waals surface area (Å²) < 4.78 is 0. The van der Waals surface area contributed by atoms with Crippen LogP contribution in [0.4, 0.5) is 9.93 Å². The number of nitrogens with zero attached hydrogens (tertiary/aromatic N) is 1. The average molecular weight is 302 g/mol. The molecule has 1 aliphatic heterocycles. The van der Waals surface area contributed by atoms with Crippen LogP contribution in [-0.4, -0.2) is 29.5 Å². The fourth-order valence-electron chi connectivity index (χ4n) is 2.11. The van der Waals surface area contributed by atoms with Crippen molar-refractivity contribution in [2.45, 2.75) is 13.0 Å². The van der Waals surface area contributed by atoms with Gasteiger partial charge < -0.3 is 16.0 Å². The standard InChI is InChI=1S/C14H14N4O2S/c1-8-11(9-5-3-2-4-6-9)21-14(16-8)18-12(19)10-7-15-13(20)17-10/h2-6,10H,7H2,1H3,(H2,15,17,20)(H,16,18,19). The molecule has 1 aromatic carbocycles. The Morgan fingerprint density at radius 2 is 2.14 bits per heavy atom. The van der Waals surface area contributed by atoms with E-state index in [-0.39, 0.29) is 11.9 Å². The maximum atomic E-state index is 12.0. The summed E-state index contributed by atoms with van der Waals surface area (Å²) in [5.41, 5.74) is 1.94. The number of hydrogen-bond acceptors (Lipinski definition) is 4. The second-order valence-electron chi connectivity index (χ2n) is 4.70. The highest BCUT2D eigenvalue weighted by Gasteiger charge is 2.27. The Bertz CT molecular complexity index is 684. The van der Waals surface area contributed by atoms with Gasteiger partial charge in [-0.05, 0) is 12.5 Å². The predicted octanol–water partition coefficient (Wildman–Crippen LogP) is 1.74. The van der Waals surface area contributed by atoms with Gasteiger partial charge in [-0.3, -0.25) is 4.79 Å². The molecule has 1 unspecified atom stereocenters. The average Bonchev–Trinajstić information content (AvgIpc) is 3.06. The minimum Gasteiger partial charge on any atom is -0.336 e. The minimum atomic E-state index is -0.554. The van der Waals surface area contributed by atoms with Gasteiger partial charge in [-0.15, -0.1) is 0 Å². The van der Waals surface area contributed by atoms with Crippen LogP contribution in [0.5, 0.6) is 0 Å². The maximum absolute atomic E-state index is 12.0. The number of amides is 3. The van der Waals surface area contributed by atoms with E-state index in [1.54, 1.807) is 0 Å².